The summed E-state index contributed by atoms with van der Waals surface area (Å²) >= 11 is 5.98. The second-order valence-electron chi connectivity index (χ2n) is 4.81. The van der Waals surface area contributed by atoms with Gasteiger partial charge in [0.05, 0.1) is 37.2 Å². The first-order valence-corrected chi connectivity index (χ1v) is 7.34. The van der Waals surface area contributed by atoms with E-state index in [2.05, 4.69) is 10.6 Å². The van der Waals surface area contributed by atoms with E-state index in [4.69, 9.17) is 21.1 Å². The van der Waals surface area contributed by atoms with E-state index in [-0.39, 0.29) is 6.54 Å². The van der Waals surface area contributed by atoms with Gasteiger partial charge in [-0.1, -0.05) is 11.6 Å². The lowest BCUT2D eigenvalue weighted by Gasteiger charge is -2.14. The molecule has 0 bridgehead atoms. The molecular weight excluding hydrogens is 361 g/mol. The third-order valence-corrected chi connectivity index (χ3v) is 3.52. The van der Waals surface area contributed by atoms with Gasteiger partial charge in [0.25, 0.3) is 0 Å². The highest BCUT2D eigenvalue weighted by atomic mass is 35.5. The van der Waals surface area contributed by atoms with Gasteiger partial charge in [-0.05, 0) is 12.1 Å². The molecule has 0 aliphatic carbocycles. The molecule has 2 rings (SSSR count). The maximum absolute atomic E-state index is 13.5. The summed E-state index contributed by atoms with van der Waals surface area (Å²) in [4.78, 5) is 11.9. The molecule has 2 aromatic rings. The van der Waals surface area contributed by atoms with Crippen LogP contribution >= 0.6 is 11.6 Å². The zero-order chi connectivity index (χ0) is 18.6. The lowest BCUT2D eigenvalue weighted by Crippen LogP contribution is -2.22. The Balaban J connectivity index is 2.09. The fourth-order valence-electron chi connectivity index (χ4n) is 1.99. The molecule has 5 nitrogen and oxygen atoms in total. The first-order valence-electron chi connectivity index (χ1n) is 6.96. The van der Waals surface area contributed by atoms with Crippen LogP contribution in [0.1, 0.15) is 0 Å². The Morgan fingerprint density at radius 2 is 1.72 bits per heavy atom. The van der Waals surface area contributed by atoms with E-state index in [0.717, 1.165) is 6.07 Å². The summed E-state index contributed by atoms with van der Waals surface area (Å²) in [7, 11) is 2.84. The Bertz CT molecular complexity index is 803. The van der Waals surface area contributed by atoms with E-state index in [1.807, 2.05) is 0 Å². The summed E-state index contributed by atoms with van der Waals surface area (Å²) in [6.07, 6.45) is 0. The molecule has 0 aliphatic rings. The molecule has 0 saturated heterocycles. The summed E-state index contributed by atoms with van der Waals surface area (Å²) in [5.74, 6) is -4.43. The Morgan fingerprint density at radius 3 is 2.36 bits per heavy atom. The van der Waals surface area contributed by atoms with E-state index >= 15 is 0 Å². The number of benzene rings is 2. The lowest BCUT2D eigenvalue weighted by molar-refractivity contribution is -0.114. The second kappa shape index (κ2) is 7.98. The third-order valence-electron chi connectivity index (χ3n) is 3.22. The Labute approximate surface area is 146 Å². The number of nitrogens with one attached hydrogen (secondary N) is 2. The highest BCUT2D eigenvalue weighted by Gasteiger charge is 2.16. The predicted octanol–water partition coefficient (Wildman–Crippen LogP) is 3.83. The molecular formula is C16H14ClF3N2O3. The van der Waals surface area contributed by atoms with Gasteiger partial charge in [0.1, 0.15) is 11.5 Å². The zero-order valence-electron chi connectivity index (χ0n) is 13.3. The molecule has 0 fully saturated rings. The Kier molecular flexibility index (Phi) is 5.97. The summed E-state index contributed by atoms with van der Waals surface area (Å²) in [5.41, 5.74) is -0.0592. The number of carbonyl (C=O) groups excluding carboxylic acids is 1. The number of amides is 1. The van der Waals surface area contributed by atoms with Crippen LogP contribution in [0.2, 0.25) is 5.02 Å². The molecule has 0 aliphatic heterocycles. The number of hydrogen-bond acceptors (Lipinski definition) is 4. The van der Waals surface area contributed by atoms with Gasteiger partial charge in [-0.15, -0.1) is 0 Å². The molecule has 2 N–H and O–H groups in total. The monoisotopic (exact) mass is 374 g/mol. The topological polar surface area (TPSA) is 59.6 Å². The maximum atomic E-state index is 13.5. The van der Waals surface area contributed by atoms with Crippen molar-refractivity contribution in [3.8, 4) is 11.5 Å². The number of rotatable bonds is 6. The Hall–Kier alpha value is -2.61. The lowest BCUT2D eigenvalue weighted by atomic mass is 10.2. The van der Waals surface area contributed by atoms with Crippen LogP contribution in [0.4, 0.5) is 24.5 Å². The average Bonchev–Trinajstić information content (AvgIpc) is 2.60. The van der Waals surface area contributed by atoms with Crippen LogP contribution in [0.3, 0.4) is 0 Å². The van der Waals surface area contributed by atoms with Crippen molar-refractivity contribution in [1.82, 2.24) is 0 Å². The van der Waals surface area contributed by atoms with Gasteiger partial charge in [-0.25, -0.2) is 13.2 Å². The molecule has 0 saturated carbocycles. The van der Waals surface area contributed by atoms with E-state index < -0.39 is 29.0 Å². The molecule has 0 spiro atoms. The van der Waals surface area contributed by atoms with Gasteiger partial charge in [0.15, 0.2) is 17.5 Å². The largest absolute Gasteiger partial charge is 0.495 e. The minimum atomic E-state index is -1.66. The van der Waals surface area contributed by atoms with Crippen LogP contribution in [-0.4, -0.2) is 26.7 Å². The van der Waals surface area contributed by atoms with Crippen molar-refractivity contribution in [3.63, 3.8) is 0 Å². The van der Waals surface area contributed by atoms with Crippen molar-refractivity contribution in [2.45, 2.75) is 0 Å². The molecule has 0 unspecified atom stereocenters. The zero-order valence-corrected chi connectivity index (χ0v) is 14.0. The van der Waals surface area contributed by atoms with Gasteiger partial charge in [-0.2, -0.15) is 0 Å². The van der Waals surface area contributed by atoms with Crippen LogP contribution < -0.4 is 20.1 Å². The quantitative estimate of drug-likeness (QED) is 0.755. The summed E-state index contributed by atoms with van der Waals surface area (Å²) in [5, 5.41) is 5.23. The number of hydrogen-bond donors (Lipinski definition) is 2. The highest BCUT2D eigenvalue weighted by molar-refractivity contribution is 6.32. The smallest absolute Gasteiger partial charge is 0.243 e. The van der Waals surface area contributed by atoms with Crippen LogP contribution in [0, 0.1) is 17.5 Å². The van der Waals surface area contributed by atoms with Crippen LogP contribution in [0.5, 0.6) is 11.5 Å². The van der Waals surface area contributed by atoms with Crippen LogP contribution in [0.15, 0.2) is 24.3 Å². The van der Waals surface area contributed by atoms with Crippen molar-refractivity contribution >= 4 is 28.9 Å². The van der Waals surface area contributed by atoms with Gasteiger partial charge >= 0.3 is 0 Å². The molecule has 0 aromatic heterocycles. The number of anilines is 2. The minimum Gasteiger partial charge on any atom is -0.495 e. The average molecular weight is 375 g/mol. The number of halogens is 4. The van der Waals surface area contributed by atoms with Gasteiger partial charge < -0.3 is 20.1 Å². The van der Waals surface area contributed by atoms with Crippen molar-refractivity contribution in [2.75, 3.05) is 31.4 Å². The van der Waals surface area contributed by atoms with E-state index in [1.54, 1.807) is 0 Å². The second-order valence-corrected chi connectivity index (χ2v) is 5.22. The molecule has 9 heteroatoms. The summed E-state index contributed by atoms with van der Waals surface area (Å²) in [6, 6.07) is 4.66. The van der Waals surface area contributed by atoms with E-state index in [9.17, 15) is 18.0 Å². The van der Waals surface area contributed by atoms with Crippen molar-refractivity contribution in [3.05, 3.63) is 46.7 Å². The number of methoxy groups -OCH3 is 2. The van der Waals surface area contributed by atoms with Crippen molar-refractivity contribution in [1.29, 1.82) is 0 Å². The first-order chi connectivity index (χ1) is 11.9. The van der Waals surface area contributed by atoms with Crippen LogP contribution in [-0.2, 0) is 4.79 Å². The molecule has 0 radical (unpaired) electrons. The molecule has 0 atom stereocenters. The SMILES string of the molecule is COc1cc(NCC(=O)Nc2ccc(F)c(F)c2F)c(OC)cc1Cl. The third kappa shape index (κ3) is 4.27. The van der Waals surface area contributed by atoms with E-state index in [0.29, 0.717) is 28.3 Å². The fraction of sp³-hybridized carbons (Fsp3) is 0.188. The van der Waals surface area contributed by atoms with Gasteiger partial charge in [-0.3, -0.25) is 4.79 Å². The molecule has 1 amide bonds. The van der Waals surface area contributed by atoms with Crippen molar-refractivity contribution < 1.29 is 27.4 Å². The number of carbonyl (C=O) groups is 1. The maximum Gasteiger partial charge on any atom is 0.243 e. The fourth-order valence-corrected chi connectivity index (χ4v) is 2.22. The molecule has 0 heterocycles. The summed E-state index contributed by atoms with van der Waals surface area (Å²) < 4.78 is 49.8. The minimum absolute atomic E-state index is 0.292. The first kappa shape index (κ1) is 18.7. The Morgan fingerprint density at radius 1 is 1.04 bits per heavy atom. The normalized spacial score (nSPS) is 10.3. The van der Waals surface area contributed by atoms with Crippen molar-refractivity contribution in [2.24, 2.45) is 0 Å². The predicted molar refractivity (Wildman–Crippen MR) is 88.0 cm³/mol. The number of ether oxygens (including phenoxy) is 2. The van der Waals surface area contributed by atoms with Gasteiger partial charge in [0, 0.05) is 12.1 Å². The van der Waals surface area contributed by atoms with Crippen LogP contribution in [0.25, 0.3) is 0 Å². The molecule has 25 heavy (non-hydrogen) atoms. The highest BCUT2D eigenvalue weighted by Crippen LogP contribution is 2.35. The van der Waals surface area contributed by atoms with E-state index in [1.165, 1.54) is 26.4 Å². The standard InChI is InChI=1S/C16H14ClF3N2O3/c1-24-12-6-11(13(25-2)5-8(12)17)21-7-14(23)22-10-4-3-9(18)15(19)16(10)20/h3-6,21H,7H2,1-2H3,(H,22,23). The summed E-state index contributed by atoms with van der Waals surface area (Å²) in [6.45, 7) is -0.292. The molecule has 2 aromatic carbocycles. The van der Waals surface area contributed by atoms with Gasteiger partial charge in [0.2, 0.25) is 5.91 Å². The molecule has 134 valence electrons.